The van der Waals surface area contributed by atoms with Crippen LogP contribution in [0.25, 0.3) is 0 Å². The van der Waals surface area contributed by atoms with Gasteiger partial charge in [-0.2, -0.15) is 0 Å². The first kappa shape index (κ1) is 16.0. The van der Waals surface area contributed by atoms with Gasteiger partial charge < -0.3 is 4.74 Å². The predicted octanol–water partition coefficient (Wildman–Crippen LogP) is 6.05. The van der Waals surface area contributed by atoms with E-state index in [2.05, 4.69) is 60.7 Å². The molecule has 0 radical (unpaired) electrons. The van der Waals surface area contributed by atoms with Crippen LogP contribution < -0.4 is 4.74 Å². The van der Waals surface area contributed by atoms with Crippen LogP contribution in [0.3, 0.4) is 0 Å². The van der Waals surface area contributed by atoms with Gasteiger partial charge in [0.15, 0.2) is 0 Å². The van der Waals surface area contributed by atoms with Crippen molar-refractivity contribution in [2.75, 3.05) is 7.11 Å². The Labute approximate surface area is 152 Å². The third-order valence-electron chi connectivity index (χ3n) is 4.36. The molecule has 0 unspecified atom stereocenters. The number of hydrogen-bond acceptors (Lipinski definition) is 3. The Morgan fingerprint density at radius 1 is 0.880 bits per heavy atom. The van der Waals surface area contributed by atoms with Crippen LogP contribution in [0.15, 0.2) is 88.8 Å². The molecule has 0 N–H and O–H groups in total. The van der Waals surface area contributed by atoms with Crippen molar-refractivity contribution in [2.45, 2.75) is 16.6 Å². The number of rotatable bonds is 3. The Morgan fingerprint density at radius 2 is 1.60 bits per heavy atom. The quantitative estimate of drug-likeness (QED) is 0.576. The second-order valence-corrected chi connectivity index (χ2v) is 7.22. The lowest BCUT2D eigenvalue weighted by Crippen LogP contribution is -2.05. The van der Waals surface area contributed by atoms with Gasteiger partial charge >= 0.3 is 0 Å². The maximum atomic E-state index is 5.30. The topological polar surface area (TPSA) is 21.6 Å². The second kappa shape index (κ2) is 7.16. The highest BCUT2D eigenvalue weighted by atomic mass is 32.2. The third-order valence-corrected chi connectivity index (χ3v) is 5.69. The predicted molar refractivity (Wildman–Crippen MR) is 105 cm³/mol. The van der Waals surface area contributed by atoms with Crippen molar-refractivity contribution in [2.24, 2.45) is 4.99 Å². The van der Waals surface area contributed by atoms with Crippen molar-refractivity contribution in [1.29, 1.82) is 0 Å². The summed E-state index contributed by atoms with van der Waals surface area (Å²) >= 11 is 1.89. The fourth-order valence-electron chi connectivity index (χ4n) is 3.03. The number of thioether (sulfide) groups is 1. The van der Waals surface area contributed by atoms with Crippen molar-refractivity contribution in [3.05, 3.63) is 90.0 Å². The zero-order valence-corrected chi connectivity index (χ0v) is 14.9. The van der Waals surface area contributed by atoms with Gasteiger partial charge in [-0.1, -0.05) is 54.6 Å². The van der Waals surface area contributed by atoms with E-state index in [1.165, 1.54) is 16.0 Å². The highest BCUT2D eigenvalue weighted by Crippen LogP contribution is 2.45. The average molecular weight is 345 g/mol. The van der Waals surface area contributed by atoms with E-state index in [0.717, 1.165) is 23.6 Å². The Hall–Kier alpha value is -2.52. The van der Waals surface area contributed by atoms with Crippen molar-refractivity contribution < 1.29 is 4.74 Å². The lowest BCUT2D eigenvalue weighted by Gasteiger charge is -2.16. The normalized spacial score (nSPS) is 16.5. The fraction of sp³-hybridized carbons (Fsp3) is 0.136. The summed E-state index contributed by atoms with van der Waals surface area (Å²) in [5, 5.41) is 0.327. The fourth-order valence-corrected chi connectivity index (χ4v) is 4.26. The van der Waals surface area contributed by atoms with E-state index < -0.39 is 0 Å². The van der Waals surface area contributed by atoms with E-state index >= 15 is 0 Å². The van der Waals surface area contributed by atoms with Gasteiger partial charge in [-0.05, 0) is 35.4 Å². The number of hydrogen-bond donors (Lipinski definition) is 0. The maximum Gasteiger partial charge on any atom is 0.118 e. The molecule has 0 saturated heterocycles. The summed E-state index contributed by atoms with van der Waals surface area (Å²) in [5.74, 6) is 0.889. The minimum absolute atomic E-state index is 0.327. The van der Waals surface area contributed by atoms with Crippen molar-refractivity contribution in [1.82, 2.24) is 0 Å². The monoisotopic (exact) mass is 345 g/mol. The SMILES string of the molecule is COc1ccc([C@@H]2CC(c3ccccc3)=Nc3ccccc3S2)cc1. The number of ether oxygens (including phenoxy) is 1. The van der Waals surface area contributed by atoms with Crippen LogP contribution in [-0.2, 0) is 0 Å². The standard InChI is InChI=1S/C22H19NOS/c1-24-18-13-11-17(12-14-18)22-15-20(16-7-3-2-4-8-16)23-19-9-5-6-10-21(19)25-22/h2-14,22H,15H2,1H3/t22-/m0/s1. The van der Waals surface area contributed by atoms with E-state index in [-0.39, 0.29) is 0 Å². The van der Waals surface area contributed by atoms with Crippen molar-refractivity contribution >= 4 is 23.2 Å². The largest absolute Gasteiger partial charge is 0.497 e. The summed E-state index contributed by atoms with van der Waals surface area (Å²) in [4.78, 5) is 6.22. The van der Waals surface area contributed by atoms with Gasteiger partial charge in [-0.3, -0.25) is 4.99 Å². The Bertz CT molecular complexity index is 887. The van der Waals surface area contributed by atoms with Gasteiger partial charge in [-0.15, -0.1) is 11.8 Å². The summed E-state index contributed by atoms with van der Waals surface area (Å²) in [6.07, 6.45) is 0.899. The zero-order valence-electron chi connectivity index (χ0n) is 14.1. The Kier molecular flexibility index (Phi) is 4.57. The molecule has 0 amide bonds. The lowest BCUT2D eigenvalue weighted by molar-refractivity contribution is 0.414. The third kappa shape index (κ3) is 3.47. The van der Waals surface area contributed by atoms with Gasteiger partial charge in [0, 0.05) is 22.3 Å². The molecule has 3 heteroatoms. The molecule has 2 nitrogen and oxygen atoms in total. The first-order valence-electron chi connectivity index (χ1n) is 8.36. The van der Waals surface area contributed by atoms with E-state index in [4.69, 9.17) is 9.73 Å². The molecule has 1 heterocycles. The van der Waals surface area contributed by atoms with Crippen LogP contribution in [-0.4, -0.2) is 12.8 Å². The van der Waals surface area contributed by atoms with Crippen LogP contribution in [0.4, 0.5) is 5.69 Å². The molecule has 1 atom stereocenters. The van der Waals surface area contributed by atoms with Gasteiger partial charge in [0.2, 0.25) is 0 Å². The smallest absolute Gasteiger partial charge is 0.118 e. The van der Waals surface area contributed by atoms with Crippen LogP contribution >= 0.6 is 11.8 Å². The summed E-state index contributed by atoms with van der Waals surface area (Å²) < 4.78 is 5.30. The van der Waals surface area contributed by atoms with Crippen molar-refractivity contribution in [3.63, 3.8) is 0 Å². The summed E-state index contributed by atoms with van der Waals surface area (Å²) in [5.41, 5.74) is 4.69. The highest BCUT2D eigenvalue weighted by molar-refractivity contribution is 7.99. The minimum Gasteiger partial charge on any atom is -0.497 e. The summed E-state index contributed by atoms with van der Waals surface area (Å²) in [6.45, 7) is 0. The molecule has 0 bridgehead atoms. The van der Waals surface area contributed by atoms with Crippen LogP contribution in [0.5, 0.6) is 5.75 Å². The van der Waals surface area contributed by atoms with Gasteiger partial charge in [-0.25, -0.2) is 0 Å². The van der Waals surface area contributed by atoms with Gasteiger partial charge in [0.25, 0.3) is 0 Å². The Morgan fingerprint density at radius 3 is 2.36 bits per heavy atom. The van der Waals surface area contributed by atoms with Crippen molar-refractivity contribution in [3.8, 4) is 5.75 Å². The molecule has 0 aliphatic carbocycles. The first-order chi connectivity index (χ1) is 12.3. The van der Waals surface area contributed by atoms with Crippen LogP contribution in [0.1, 0.15) is 22.8 Å². The van der Waals surface area contributed by atoms with Crippen LogP contribution in [0, 0.1) is 0 Å². The first-order valence-corrected chi connectivity index (χ1v) is 9.24. The molecule has 3 aromatic carbocycles. The highest BCUT2D eigenvalue weighted by Gasteiger charge is 2.22. The van der Waals surface area contributed by atoms with Gasteiger partial charge in [0.1, 0.15) is 5.75 Å². The molecule has 1 aliphatic heterocycles. The van der Waals surface area contributed by atoms with Gasteiger partial charge in [0.05, 0.1) is 12.8 Å². The van der Waals surface area contributed by atoms with E-state index in [9.17, 15) is 0 Å². The van der Waals surface area contributed by atoms with E-state index in [0.29, 0.717) is 5.25 Å². The second-order valence-electron chi connectivity index (χ2n) is 5.98. The molecule has 0 fully saturated rings. The molecule has 124 valence electrons. The summed E-state index contributed by atoms with van der Waals surface area (Å²) in [6, 6.07) is 27.3. The molecule has 0 spiro atoms. The molecule has 0 aromatic heterocycles. The number of aliphatic imine (C=N–C) groups is 1. The number of para-hydroxylation sites is 1. The lowest BCUT2D eigenvalue weighted by atomic mass is 10.0. The number of nitrogens with zero attached hydrogens (tertiary/aromatic N) is 1. The number of benzene rings is 3. The number of methoxy groups -OCH3 is 1. The van der Waals surface area contributed by atoms with E-state index in [1.807, 2.05) is 30.0 Å². The molecule has 0 saturated carbocycles. The summed E-state index contributed by atoms with van der Waals surface area (Å²) in [7, 11) is 1.70. The zero-order chi connectivity index (χ0) is 17.1. The molecule has 3 aromatic rings. The molecule has 4 rings (SSSR count). The van der Waals surface area contributed by atoms with Crippen LogP contribution in [0.2, 0.25) is 0 Å². The number of fused-ring (bicyclic) bond motifs is 1. The molecular weight excluding hydrogens is 326 g/mol. The van der Waals surface area contributed by atoms with E-state index in [1.54, 1.807) is 7.11 Å². The minimum atomic E-state index is 0.327. The molecular formula is C22H19NOS. The molecule has 1 aliphatic rings. The maximum absolute atomic E-state index is 5.30. The Balaban J connectivity index is 1.76. The molecule has 25 heavy (non-hydrogen) atoms. The average Bonchev–Trinajstić information content (AvgIpc) is 2.88.